The molecule has 8 saturated carbocycles. The number of para-hydroxylation sites is 3. The van der Waals surface area contributed by atoms with Gasteiger partial charge in [-0.05, 0) is 195 Å². The fourth-order valence-electron chi connectivity index (χ4n) is 17.8. The quantitative estimate of drug-likeness (QED) is 0.152. The monoisotopic (exact) mass is 983 g/mol. The summed E-state index contributed by atoms with van der Waals surface area (Å²) in [5.74, 6) is 7.94. The highest BCUT2D eigenvalue weighted by Crippen LogP contribution is 2.63. The molecule has 370 valence electrons. The van der Waals surface area contributed by atoms with E-state index in [1.54, 1.807) is 0 Å². The van der Waals surface area contributed by atoms with Gasteiger partial charge in [-0.2, -0.15) is 0 Å². The maximum Gasteiger partial charge on any atom is 0.163 e. The summed E-state index contributed by atoms with van der Waals surface area (Å²) in [7, 11) is 0. The second-order valence-electron chi connectivity index (χ2n) is 24.9. The molecule has 8 aliphatic carbocycles. The van der Waals surface area contributed by atoms with Crippen molar-refractivity contribution in [2.75, 3.05) is 0 Å². The molecule has 11 aromatic rings. The first-order valence-electron chi connectivity index (χ1n) is 28.7. The lowest BCUT2D eigenvalue weighted by Gasteiger charge is -2.57. The molecule has 0 atom stereocenters. The minimum atomic E-state index is 0.0512. The third-order valence-electron chi connectivity index (χ3n) is 20.2. The average molecular weight is 984 g/mol. The standard InChI is InChI=1S/C71H61N5/c1-3-13-50(14-4-1)52-23-26-65-59(35-52)60-36-53(51-15-5-2-6-16-51)24-27-66(60)76(65)64-28-25-54(37-58(64)57-19-9-12-22-63(57)75-61-20-10-7-17-55(61)56-18-8-11-21-62(56)75)67-72-68(70-38-44-29-45(39-70)31-46(30-44)40-70)74-69(73-67)71-41-47-32-48(42-71)34-49(33-47)43-71/h1-28,35-37,44-49H,29-34,38-43H2. The van der Waals surface area contributed by atoms with Crippen LogP contribution in [0.1, 0.15) is 88.7 Å². The molecule has 0 N–H and O–H groups in total. The largest absolute Gasteiger partial charge is 0.309 e. The predicted octanol–water partition coefficient (Wildman–Crippen LogP) is 17.7. The maximum absolute atomic E-state index is 5.88. The second kappa shape index (κ2) is 16.4. The summed E-state index contributed by atoms with van der Waals surface area (Å²) in [5.41, 5.74) is 15.4. The minimum absolute atomic E-state index is 0.0512. The average Bonchev–Trinajstić information content (AvgIpc) is 4.04. The third-order valence-corrected chi connectivity index (χ3v) is 20.2. The van der Waals surface area contributed by atoms with E-state index in [2.05, 4.69) is 197 Å². The zero-order chi connectivity index (χ0) is 49.7. The van der Waals surface area contributed by atoms with Crippen LogP contribution in [0.15, 0.2) is 188 Å². The summed E-state index contributed by atoms with van der Waals surface area (Å²) in [6.45, 7) is 0. The highest BCUT2D eigenvalue weighted by Gasteiger charge is 2.56. The Kier molecular flexibility index (Phi) is 9.43. The van der Waals surface area contributed by atoms with Crippen LogP contribution >= 0.6 is 0 Å². The minimum Gasteiger partial charge on any atom is -0.309 e. The van der Waals surface area contributed by atoms with E-state index in [0.29, 0.717) is 0 Å². The number of hydrogen-bond acceptors (Lipinski definition) is 3. The Morgan fingerprint density at radius 3 is 1.18 bits per heavy atom. The first-order valence-corrected chi connectivity index (χ1v) is 28.7. The lowest BCUT2D eigenvalue weighted by Crippen LogP contribution is -2.51. The van der Waals surface area contributed by atoms with Crippen molar-refractivity contribution in [2.24, 2.45) is 35.5 Å². The molecule has 8 bridgehead atoms. The Bertz CT molecular complexity index is 3860. The van der Waals surface area contributed by atoms with Gasteiger partial charge in [0, 0.05) is 49.1 Å². The van der Waals surface area contributed by atoms with Crippen LogP contribution in [0.3, 0.4) is 0 Å². The van der Waals surface area contributed by atoms with Gasteiger partial charge in [0.05, 0.1) is 33.4 Å². The van der Waals surface area contributed by atoms with Gasteiger partial charge in [-0.25, -0.2) is 15.0 Å². The van der Waals surface area contributed by atoms with Gasteiger partial charge in [0.15, 0.2) is 5.82 Å². The topological polar surface area (TPSA) is 48.5 Å². The van der Waals surface area contributed by atoms with Gasteiger partial charge in [0.2, 0.25) is 0 Å². The Balaban J connectivity index is 0.932. The molecule has 0 amide bonds. The van der Waals surface area contributed by atoms with Crippen molar-refractivity contribution in [3.05, 3.63) is 200 Å². The first-order chi connectivity index (χ1) is 37.5. The fourth-order valence-corrected chi connectivity index (χ4v) is 17.8. The van der Waals surface area contributed by atoms with E-state index in [9.17, 15) is 0 Å². The molecule has 19 rings (SSSR count). The number of rotatable bonds is 8. The van der Waals surface area contributed by atoms with Crippen molar-refractivity contribution < 1.29 is 0 Å². The van der Waals surface area contributed by atoms with Crippen LogP contribution in [0.2, 0.25) is 0 Å². The molecule has 0 radical (unpaired) electrons. The summed E-state index contributed by atoms with van der Waals surface area (Å²) >= 11 is 0. The summed E-state index contributed by atoms with van der Waals surface area (Å²) in [6.07, 6.45) is 15.9. The molecule has 8 aliphatic rings. The molecule has 0 spiro atoms. The second-order valence-corrected chi connectivity index (χ2v) is 24.9. The van der Waals surface area contributed by atoms with Crippen LogP contribution in [-0.4, -0.2) is 24.1 Å². The van der Waals surface area contributed by atoms with Gasteiger partial charge >= 0.3 is 0 Å². The van der Waals surface area contributed by atoms with E-state index in [4.69, 9.17) is 15.0 Å². The highest BCUT2D eigenvalue weighted by molar-refractivity contribution is 6.13. The van der Waals surface area contributed by atoms with Crippen molar-refractivity contribution in [1.82, 2.24) is 24.1 Å². The molecule has 0 unspecified atom stereocenters. The SMILES string of the molecule is c1ccc(-c2ccc3c(c2)c2cc(-c4ccccc4)ccc2n3-c2ccc(-c3nc(C45CC6CC(CC(C6)C4)C5)nc(C45CC6CC(CC(C6)C4)C5)n3)cc2-c2ccccc2-n2c3ccccc3c3ccccc32)cc1. The Morgan fingerprint density at radius 1 is 0.303 bits per heavy atom. The molecular formula is C71H61N5. The number of nitrogens with zero attached hydrogens (tertiary/aromatic N) is 5. The zero-order valence-corrected chi connectivity index (χ0v) is 43.1. The molecular weight excluding hydrogens is 923 g/mol. The molecule has 0 aliphatic heterocycles. The molecule has 5 heteroatoms. The predicted molar refractivity (Wildman–Crippen MR) is 310 cm³/mol. The van der Waals surface area contributed by atoms with Gasteiger partial charge in [-0.1, -0.05) is 127 Å². The number of hydrogen-bond donors (Lipinski definition) is 0. The summed E-state index contributed by atoms with van der Waals surface area (Å²) in [5, 5.41) is 4.98. The molecule has 3 aromatic heterocycles. The number of benzene rings is 8. The highest BCUT2D eigenvalue weighted by atomic mass is 15.1. The van der Waals surface area contributed by atoms with Crippen LogP contribution in [0, 0.1) is 35.5 Å². The first kappa shape index (κ1) is 43.6. The summed E-state index contributed by atoms with van der Waals surface area (Å²) in [6, 6.07) is 70.0. The summed E-state index contributed by atoms with van der Waals surface area (Å²) in [4.78, 5) is 17.6. The molecule has 3 heterocycles. The van der Waals surface area contributed by atoms with Crippen LogP contribution in [0.5, 0.6) is 0 Å². The van der Waals surface area contributed by atoms with Gasteiger partial charge in [0.1, 0.15) is 11.6 Å². The van der Waals surface area contributed by atoms with E-state index in [-0.39, 0.29) is 10.8 Å². The van der Waals surface area contributed by atoms with Crippen LogP contribution < -0.4 is 0 Å². The van der Waals surface area contributed by atoms with E-state index in [0.717, 1.165) is 75.5 Å². The van der Waals surface area contributed by atoms with Gasteiger partial charge in [-0.3, -0.25) is 0 Å². The van der Waals surface area contributed by atoms with Crippen molar-refractivity contribution in [2.45, 2.75) is 87.9 Å². The third kappa shape index (κ3) is 6.66. The Labute approximate surface area is 444 Å². The lowest BCUT2D eigenvalue weighted by atomic mass is 9.49. The fraction of sp³-hybridized carbons (Fsp3) is 0.282. The van der Waals surface area contributed by atoms with Crippen LogP contribution in [-0.2, 0) is 10.8 Å². The van der Waals surface area contributed by atoms with E-state index in [1.807, 2.05) is 0 Å². The van der Waals surface area contributed by atoms with Crippen molar-refractivity contribution in [3.8, 4) is 56.1 Å². The Hall–Kier alpha value is -7.63. The van der Waals surface area contributed by atoms with Gasteiger partial charge in [-0.15, -0.1) is 0 Å². The number of aromatic nitrogens is 5. The van der Waals surface area contributed by atoms with Gasteiger partial charge in [0.25, 0.3) is 0 Å². The van der Waals surface area contributed by atoms with E-state index in [1.165, 1.54) is 148 Å². The molecule has 8 aromatic carbocycles. The number of fused-ring (bicyclic) bond motifs is 6. The maximum atomic E-state index is 5.88. The Morgan fingerprint density at radius 2 is 0.697 bits per heavy atom. The van der Waals surface area contributed by atoms with Crippen LogP contribution in [0.25, 0.3) is 99.8 Å². The van der Waals surface area contributed by atoms with Crippen molar-refractivity contribution in [1.29, 1.82) is 0 Å². The summed E-state index contributed by atoms with van der Waals surface area (Å²) < 4.78 is 5.05. The molecule has 8 fully saturated rings. The molecule has 5 nitrogen and oxygen atoms in total. The van der Waals surface area contributed by atoms with Gasteiger partial charge < -0.3 is 9.13 Å². The van der Waals surface area contributed by atoms with Crippen molar-refractivity contribution >= 4 is 43.6 Å². The van der Waals surface area contributed by atoms with Crippen molar-refractivity contribution in [3.63, 3.8) is 0 Å². The molecule has 76 heavy (non-hydrogen) atoms. The normalized spacial score (nSPS) is 26.2. The van der Waals surface area contributed by atoms with Crippen LogP contribution in [0.4, 0.5) is 0 Å². The lowest BCUT2D eigenvalue weighted by molar-refractivity contribution is -0.0155. The molecule has 0 saturated heterocycles. The smallest absolute Gasteiger partial charge is 0.163 e. The van der Waals surface area contributed by atoms with E-state index < -0.39 is 0 Å². The zero-order valence-electron chi connectivity index (χ0n) is 43.1. The van der Waals surface area contributed by atoms with E-state index >= 15 is 0 Å².